The van der Waals surface area contributed by atoms with Gasteiger partial charge in [-0.05, 0) is 25.0 Å². The first-order chi connectivity index (χ1) is 9.36. The van der Waals surface area contributed by atoms with E-state index in [9.17, 15) is 9.59 Å². The summed E-state index contributed by atoms with van der Waals surface area (Å²) in [6.45, 7) is 1.99. The standard InChI is InChI=1S/C10H15NO.C4H4O4/c1-8(11)7-9-5-3-4-6-10(9)12-2;5-3(6)1-2-4(7)8/h3-6,8H,7,11H2,1-2H3;1-2H,(H,5,6)(H,7,8)/b;2-1+. The number of nitrogens with two attached hydrogens (primary N) is 1. The Labute approximate surface area is 117 Å². The lowest BCUT2D eigenvalue weighted by molar-refractivity contribution is -0.134. The van der Waals surface area contributed by atoms with E-state index in [0.717, 1.165) is 12.2 Å². The Morgan fingerprint density at radius 3 is 2.15 bits per heavy atom. The van der Waals surface area contributed by atoms with Crippen molar-refractivity contribution < 1.29 is 24.5 Å². The summed E-state index contributed by atoms with van der Waals surface area (Å²) in [6, 6.07) is 8.14. The van der Waals surface area contributed by atoms with Crippen LogP contribution in [0.3, 0.4) is 0 Å². The molecule has 0 spiro atoms. The van der Waals surface area contributed by atoms with Gasteiger partial charge in [-0.3, -0.25) is 0 Å². The van der Waals surface area contributed by atoms with Gasteiger partial charge >= 0.3 is 11.9 Å². The molecule has 4 N–H and O–H groups in total. The molecule has 0 heterocycles. The van der Waals surface area contributed by atoms with Crippen molar-refractivity contribution in [1.82, 2.24) is 0 Å². The smallest absolute Gasteiger partial charge is 0.328 e. The molecule has 0 amide bonds. The quantitative estimate of drug-likeness (QED) is 0.702. The molecule has 1 aromatic rings. The number of hydrogen-bond acceptors (Lipinski definition) is 4. The van der Waals surface area contributed by atoms with Crippen LogP contribution >= 0.6 is 0 Å². The third-order valence-corrected chi connectivity index (χ3v) is 2.10. The average molecular weight is 281 g/mol. The highest BCUT2D eigenvalue weighted by molar-refractivity contribution is 5.89. The summed E-state index contributed by atoms with van der Waals surface area (Å²) in [5.74, 6) is -1.59. The number of rotatable bonds is 5. The van der Waals surface area contributed by atoms with E-state index in [2.05, 4.69) is 0 Å². The Bertz CT molecular complexity index is 452. The fraction of sp³-hybridized carbons (Fsp3) is 0.286. The van der Waals surface area contributed by atoms with Gasteiger partial charge in [0.1, 0.15) is 5.75 Å². The number of carboxylic acids is 2. The van der Waals surface area contributed by atoms with Crippen LogP contribution in [0.15, 0.2) is 36.4 Å². The molecule has 1 aromatic carbocycles. The summed E-state index contributed by atoms with van der Waals surface area (Å²) >= 11 is 0. The molecule has 0 saturated carbocycles. The number of benzene rings is 1. The SMILES string of the molecule is COc1ccccc1CC(C)N.O=C(O)/C=C/C(=O)O. The number of hydrogen-bond donors (Lipinski definition) is 3. The average Bonchev–Trinajstić information content (AvgIpc) is 2.37. The first-order valence-electron chi connectivity index (χ1n) is 5.88. The van der Waals surface area contributed by atoms with Crippen molar-refractivity contribution in [3.05, 3.63) is 42.0 Å². The van der Waals surface area contributed by atoms with Gasteiger partial charge in [0.05, 0.1) is 7.11 Å². The number of methoxy groups -OCH3 is 1. The Hall–Kier alpha value is -2.34. The van der Waals surface area contributed by atoms with Crippen molar-refractivity contribution in [3.63, 3.8) is 0 Å². The lowest BCUT2D eigenvalue weighted by Crippen LogP contribution is -2.18. The minimum Gasteiger partial charge on any atom is -0.496 e. The second-order valence-corrected chi connectivity index (χ2v) is 4.00. The van der Waals surface area contributed by atoms with E-state index < -0.39 is 11.9 Å². The molecule has 0 fully saturated rings. The molecular weight excluding hydrogens is 262 g/mol. The molecule has 0 aliphatic carbocycles. The molecule has 1 rings (SSSR count). The predicted octanol–water partition coefficient (Wildman–Crippen LogP) is 1.30. The highest BCUT2D eigenvalue weighted by Gasteiger charge is 2.03. The molecule has 0 aromatic heterocycles. The van der Waals surface area contributed by atoms with Crippen LogP contribution in [-0.2, 0) is 16.0 Å². The van der Waals surface area contributed by atoms with Crippen LogP contribution in [0.25, 0.3) is 0 Å². The topological polar surface area (TPSA) is 110 Å². The lowest BCUT2D eigenvalue weighted by Gasteiger charge is -2.09. The van der Waals surface area contributed by atoms with Crippen LogP contribution in [0.1, 0.15) is 12.5 Å². The number of para-hydroxylation sites is 1. The highest BCUT2D eigenvalue weighted by atomic mass is 16.5. The van der Waals surface area contributed by atoms with Crippen LogP contribution in [0.5, 0.6) is 5.75 Å². The van der Waals surface area contributed by atoms with Crippen molar-refractivity contribution in [2.45, 2.75) is 19.4 Å². The molecule has 20 heavy (non-hydrogen) atoms. The van der Waals surface area contributed by atoms with Crippen molar-refractivity contribution >= 4 is 11.9 Å². The third-order valence-electron chi connectivity index (χ3n) is 2.10. The molecule has 0 aliphatic heterocycles. The van der Waals surface area contributed by atoms with Crippen LogP contribution < -0.4 is 10.5 Å². The van der Waals surface area contributed by atoms with Crippen LogP contribution in [0.4, 0.5) is 0 Å². The maximum atomic E-state index is 9.55. The zero-order valence-electron chi connectivity index (χ0n) is 11.4. The van der Waals surface area contributed by atoms with Gasteiger partial charge in [0, 0.05) is 18.2 Å². The second kappa shape index (κ2) is 9.57. The summed E-state index contributed by atoms with van der Waals surface area (Å²) in [5.41, 5.74) is 6.87. The largest absolute Gasteiger partial charge is 0.496 e. The first kappa shape index (κ1) is 17.7. The zero-order valence-corrected chi connectivity index (χ0v) is 11.4. The fourth-order valence-corrected chi connectivity index (χ4v) is 1.36. The Morgan fingerprint density at radius 2 is 1.75 bits per heavy atom. The van der Waals surface area contributed by atoms with E-state index >= 15 is 0 Å². The van der Waals surface area contributed by atoms with Gasteiger partial charge in [0.2, 0.25) is 0 Å². The summed E-state index contributed by atoms with van der Waals surface area (Å²) in [7, 11) is 1.68. The molecule has 6 heteroatoms. The fourth-order valence-electron chi connectivity index (χ4n) is 1.36. The van der Waals surface area contributed by atoms with Gasteiger partial charge in [-0.15, -0.1) is 0 Å². The van der Waals surface area contributed by atoms with Gasteiger partial charge in [0.25, 0.3) is 0 Å². The van der Waals surface area contributed by atoms with Gasteiger partial charge < -0.3 is 20.7 Å². The Morgan fingerprint density at radius 1 is 1.25 bits per heavy atom. The number of carbonyl (C=O) groups is 2. The molecule has 0 radical (unpaired) electrons. The molecule has 1 unspecified atom stereocenters. The normalized spacial score (nSPS) is 11.3. The van der Waals surface area contributed by atoms with Crippen molar-refractivity contribution in [2.24, 2.45) is 5.73 Å². The van der Waals surface area contributed by atoms with Crippen LogP contribution in [-0.4, -0.2) is 35.3 Å². The van der Waals surface area contributed by atoms with Crippen molar-refractivity contribution in [3.8, 4) is 5.75 Å². The molecule has 0 saturated heterocycles. The summed E-state index contributed by atoms with van der Waals surface area (Å²) in [5, 5.41) is 15.6. The minimum atomic E-state index is -1.26. The monoisotopic (exact) mass is 281 g/mol. The Kier molecular flexibility index (Phi) is 8.45. The predicted molar refractivity (Wildman–Crippen MR) is 74.8 cm³/mol. The van der Waals surface area contributed by atoms with E-state index in [0.29, 0.717) is 12.2 Å². The highest BCUT2D eigenvalue weighted by Crippen LogP contribution is 2.18. The van der Waals surface area contributed by atoms with E-state index in [-0.39, 0.29) is 6.04 Å². The minimum absolute atomic E-state index is 0.182. The van der Waals surface area contributed by atoms with E-state index in [1.807, 2.05) is 31.2 Å². The third kappa shape index (κ3) is 8.71. The number of carboxylic acid groups (broad SMARTS) is 2. The number of aliphatic carboxylic acids is 2. The van der Waals surface area contributed by atoms with Crippen LogP contribution in [0, 0.1) is 0 Å². The lowest BCUT2D eigenvalue weighted by atomic mass is 10.1. The van der Waals surface area contributed by atoms with Gasteiger partial charge in [-0.1, -0.05) is 18.2 Å². The molecule has 0 aliphatic rings. The first-order valence-corrected chi connectivity index (χ1v) is 5.88. The van der Waals surface area contributed by atoms with E-state index in [1.54, 1.807) is 7.11 Å². The van der Waals surface area contributed by atoms with Gasteiger partial charge in [0.15, 0.2) is 0 Å². The molecule has 1 atom stereocenters. The summed E-state index contributed by atoms with van der Waals surface area (Å²) in [4.78, 5) is 19.1. The second-order valence-electron chi connectivity index (χ2n) is 4.00. The maximum Gasteiger partial charge on any atom is 0.328 e. The van der Waals surface area contributed by atoms with Gasteiger partial charge in [-0.2, -0.15) is 0 Å². The maximum absolute atomic E-state index is 9.55. The molecule has 110 valence electrons. The molecular formula is C14H19NO5. The number of ether oxygens (including phenoxy) is 1. The zero-order chi connectivity index (χ0) is 15.5. The van der Waals surface area contributed by atoms with Gasteiger partial charge in [-0.25, -0.2) is 9.59 Å². The van der Waals surface area contributed by atoms with E-state index in [1.165, 1.54) is 5.56 Å². The molecule has 6 nitrogen and oxygen atoms in total. The summed E-state index contributed by atoms with van der Waals surface area (Å²) in [6.07, 6.45) is 1.98. The van der Waals surface area contributed by atoms with Crippen molar-refractivity contribution in [1.29, 1.82) is 0 Å². The summed E-state index contributed by atoms with van der Waals surface area (Å²) < 4.78 is 5.19. The van der Waals surface area contributed by atoms with Crippen LogP contribution in [0.2, 0.25) is 0 Å². The van der Waals surface area contributed by atoms with E-state index in [4.69, 9.17) is 20.7 Å². The van der Waals surface area contributed by atoms with Crippen molar-refractivity contribution in [2.75, 3.05) is 7.11 Å². The molecule has 0 bridgehead atoms. The Balaban J connectivity index is 0.000000396.